The summed E-state index contributed by atoms with van der Waals surface area (Å²) in [5.41, 5.74) is 1.02. The van der Waals surface area contributed by atoms with Gasteiger partial charge in [0.1, 0.15) is 18.1 Å². The summed E-state index contributed by atoms with van der Waals surface area (Å²) in [6.45, 7) is 1.57. The van der Waals surface area contributed by atoms with E-state index in [-0.39, 0.29) is 36.5 Å². The molecule has 4 rings (SSSR count). The van der Waals surface area contributed by atoms with Crippen molar-refractivity contribution < 1.29 is 29.0 Å². The zero-order valence-corrected chi connectivity index (χ0v) is 21.4. The van der Waals surface area contributed by atoms with Crippen LogP contribution in [-0.4, -0.2) is 77.4 Å². The molecule has 1 aliphatic heterocycles. The van der Waals surface area contributed by atoms with E-state index in [1.54, 1.807) is 24.1 Å². The molecule has 1 aromatic heterocycles. The van der Waals surface area contributed by atoms with Gasteiger partial charge in [-0.1, -0.05) is 25.8 Å². The Labute approximate surface area is 216 Å². The standard InChI is InChI=1S/C27H36N4O6/c1-16-6-3-4-8-21(16)31(22(23(33)15-32)12-17-10-11-28-26(17)35)25(34)14-29-27(36)20-13-18-19(30-20)7-5-9-24(18)37-2/h5,7,9,13,16-17,21-22,30,32H,3-4,6,8,10-12,14-15H2,1-2H3,(H,28,35)(H,29,36)/t16?,17-,21?,22-/m0/s1. The summed E-state index contributed by atoms with van der Waals surface area (Å²) >= 11 is 0. The molecule has 1 aliphatic carbocycles. The molecule has 200 valence electrons. The van der Waals surface area contributed by atoms with E-state index >= 15 is 0 Å². The van der Waals surface area contributed by atoms with E-state index in [0.29, 0.717) is 18.7 Å². The number of aromatic amines is 1. The summed E-state index contributed by atoms with van der Waals surface area (Å²) in [7, 11) is 1.56. The summed E-state index contributed by atoms with van der Waals surface area (Å²) in [4.78, 5) is 56.4. The van der Waals surface area contributed by atoms with Crippen molar-refractivity contribution >= 4 is 34.4 Å². The maximum atomic E-state index is 13.7. The highest BCUT2D eigenvalue weighted by Crippen LogP contribution is 2.32. The molecule has 1 saturated carbocycles. The minimum atomic E-state index is -0.925. The van der Waals surface area contributed by atoms with E-state index < -0.39 is 36.2 Å². The van der Waals surface area contributed by atoms with Gasteiger partial charge in [0, 0.05) is 29.4 Å². The number of fused-ring (bicyclic) bond motifs is 1. The quantitative estimate of drug-likeness (QED) is 0.382. The predicted molar refractivity (Wildman–Crippen MR) is 137 cm³/mol. The third-order valence-electron chi connectivity index (χ3n) is 7.73. The van der Waals surface area contributed by atoms with Crippen molar-refractivity contribution in [2.24, 2.45) is 11.8 Å². The summed E-state index contributed by atoms with van der Waals surface area (Å²) < 4.78 is 5.36. The van der Waals surface area contributed by atoms with E-state index in [4.69, 9.17) is 4.74 Å². The fourth-order valence-corrected chi connectivity index (χ4v) is 5.71. The molecule has 10 nitrogen and oxygen atoms in total. The van der Waals surface area contributed by atoms with Gasteiger partial charge in [-0.3, -0.25) is 19.2 Å². The van der Waals surface area contributed by atoms with Gasteiger partial charge >= 0.3 is 0 Å². The fraction of sp³-hybridized carbons (Fsp3) is 0.556. The maximum absolute atomic E-state index is 13.7. The number of rotatable bonds is 10. The Morgan fingerprint density at radius 1 is 1.22 bits per heavy atom. The zero-order chi connectivity index (χ0) is 26.5. The molecule has 2 heterocycles. The lowest BCUT2D eigenvalue weighted by Gasteiger charge is -2.43. The highest BCUT2D eigenvalue weighted by Gasteiger charge is 2.40. The number of carbonyl (C=O) groups excluding carboxylic acids is 4. The van der Waals surface area contributed by atoms with Crippen LogP contribution in [0.2, 0.25) is 0 Å². The average molecular weight is 513 g/mol. The lowest BCUT2D eigenvalue weighted by Crippen LogP contribution is -2.57. The van der Waals surface area contributed by atoms with Crippen molar-refractivity contribution in [3.8, 4) is 5.75 Å². The smallest absolute Gasteiger partial charge is 0.268 e. The Kier molecular flexibility index (Phi) is 8.48. The van der Waals surface area contributed by atoms with Gasteiger partial charge in [-0.15, -0.1) is 0 Å². The van der Waals surface area contributed by atoms with Gasteiger partial charge in [0.05, 0.1) is 19.7 Å². The van der Waals surface area contributed by atoms with Gasteiger partial charge in [0.25, 0.3) is 5.91 Å². The Balaban J connectivity index is 1.55. The maximum Gasteiger partial charge on any atom is 0.268 e. The van der Waals surface area contributed by atoms with Crippen LogP contribution in [0.15, 0.2) is 24.3 Å². The second-order valence-electron chi connectivity index (χ2n) is 10.1. The Hall–Kier alpha value is -3.40. The second-order valence-corrected chi connectivity index (χ2v) is 10.1. The predicted octanol–water partition coefficient (Wildman–Crippen LogP) is 1.77. The van der Waals surface area contributed by atoms with Gasteiger partial charge in [0.2, 0.25) is 11.8 Å². The third kappa shape index (κ3) is 5.79. The van der Waals surface area contributed by atoms with E-state index in [1.807, 2.05) is 12.1 Å². The first-order valence-corrected chi connectivity index (χ1v) is 13.0. The average Bonchev–Trinajstić information content (AvgIpc) is 3.53. The molecule has 0 bridgehead atoms. The van der Waals surface area contributed by atoms with Crippen LogP contribution in [0.3, 0.4) is 0 Å². The number of H-pyrrole nitrogens is 1. The van der Waals surface area contributed by atoms with Crippen molar-refractivity contribution in [3.63, 3.8) is 0 Å². The number of Topliss-reactive ketones (excluding diaryl/α,β-unsaturated/α-hetero) is 1. The number of carbonyl (C=O) groups is 4. The van der Waals surface area contributed by atoms with Gasteiger partial charge in [-0.2, -0.15) is 0 Å². The number of benzene rings is 1. The minimum absolute atomic E-state index is 0.137. The normalized spacial score (nSPS) is 22.4. The topological polar surface area (TPSA) is 141 Å². The molecule has 4 atom stereocenters. The number of nitrogens with zero attached hydrogens (tertiary/aromatic N) is 1. The number of amides is 3. The highest BCUT2D eigenvalue weighted by atomic mass is 16.5. The molecule has 2 fully saturated rings. The van der Waals surface area contributed by atoms with E-state index in [2.05, 4.69) is 22.5 Å². The van der Waals surface area contributed by atoms with Crippen molar-refractivity contribution in [1.29, 1.82) is 0 Å². The van der Waals surface area contributed by atoms with Crippen LogP contribution in [0.25, 0.3) is 10.9 Å². The largest absolute Gasteiger partial charge is 0.496 e. The number of hydrogen-bond acceptors (Lipinski definition) is 6. The first-order chi connectivity index (χ1) is 17.8. The van der Waals surface area contributed by atoms with E-state index in [0.717, 1.165) is 36.6 Å². The van der Waals surface area contributed by atoms with Crippen LogP contribution >= 0.6 is 0 Å². The number of aromatic nitrogens is 1. The van der Waals surface area contributed by atoms with Gasteiger partial charge in [-0.05, 0) is 49.8 Å². The van der Waals surface area contributed by atoms with Crippen LogP contribution in [0, 0.1) is 11.8 Å². The molecule has 1 aromatic carbocycles. The molecule has 0 spiro atoms. The fourth-order valence-electron chi connectivity index (χ4n) is 5.71. The van der Waals surface area contributed by atoms with Crippen LogP contribution < -0.4 is 15.4 Å². The summed E-state index contributed by atoms with van der Waals surface area (Å²) in [5, 5.41) is 16.0. The number of hydrogen-bond donors (Lipinski definition) is 4. The molecular weight excluding hydrogens is 476 g/mol. The van der Waals surface area contributed by atoms with Crippen molar-refractivity contribution in [2.45, 2.75) is 57.5 Å². The minimum Gasteiger partial charge on any atom is -0.496 e. The van der Waals surface area contributed by atoms with Gasteiger partial charge in [0.15, 0.2) is 5.78 Å². The number of ether oxygens (including phenoxy) is 1. The van der Waals surface area contributed by atoms with Gasteiger partial charge in [-0.25, -0.2) is 0 Å². The van der Waals surface area contributed by atoms with Crippen LogP contribution in [0.1, 0.15) is 55.9 Å². The van der Waals surface area contributed by atoms with Crippen molar-refractivity contribution in [3.05, 3.63) is 30.0 Å². The second kappa shape index (κ2) is 11.8. The summed E-state index contributed by atoms with van der Waals surface area (Å²) in [6.07, 6.45) is 4.36. The first kappa shape index (κ1) is 26.7. The van der Waals surface area contributed by atoms with E-state index in [1.165, 1.54) is 0 Å². The molecule has 10 heteroatoms. The molecule has 2 aromatic rings. The SMILES string of the molecule is COc1cccc2[nH]c(C(=O)NCC(=O)N(C3CCCCC3C)[C@@H](C[C@@H]3CCNC3=O)C(=O)CO)cc12. The molecular formula is C27H36N4O6. The van der Waals surface area contributed by atoms with Gasteiger partial charge < -0.3 is 30.4 Å². The molecule has 3 amide bonds. The Morgan fingerprint density at radius 3 is 2.68 bits per heavy atom. The molecule has 0 radical (unpaired) electrons. The summed E-state index contributed by atoms with van der Waals surface area (Å²) in [6, 6.07) is 5.98. The zero-order valence-electron chi connectivity index (χ0n) is 21.4. The highest BCUT2D eigenvalue weighted by molar-refractivity contribution is 6.01. The summed E-state index contributed by atoms with van der Waals surface area (Å²) in [5.74, 6) is -1.09. The number of aliphatic hydroxyl groups excluding tert-OH is 1. The van der Waals surface area contributed by atoms with E-state index in [9.17, 15) is 24.3 Å². The van der Waals surface area contributed by atoms with Crippen LogP contribution in [0.5, 0.6) is 5.75 Å². The number of methoxy groups -OCH3 is 1. The lowest BCUT2D eigenvalue weighted by molar-refractivity contribution is -0.146. The molecule has 2 aliphatic rings. The monoisotopic (exact) mass is 512 g/mol. The number of aliphatic hydroxyl groups is 1. The molecule has 2 unspecified atom stereocenters. The van der Waals surface area contributed by atoms with Crippen LogP contribution in [-0.2, 0) is 14.4 Å². The first-order valence-electron chi connectivity index (χ1n) is 13.0. The molecule has 37 heavy (non-hydrogen) atoms. The lowest BCUT2D eigenvalue weighted by atomic mass is 9.82. The van der Waals surface area contributed by atoms with Crippen molar-refractivity contribution in [2.75, 3.05) is 26.8 Å². The Morgan fingerprint density at radius 2 is 2.00 bits per heavy atom. The number of nitrogens with one attached hydrogen (secondary N) is 3. The molecule has 1 saturated heterocycles. The van der Waals surface area contributed by atoms with Crippen molar-refractivity contribution in [1.82, 2.24) is 20.5 Å². The third-order valence-corrected chi connectivity index (χ3v) is 7.73. The Bertz CT molecular complexity index is 1160. The molecule has 4 N–H and O–H groups in total. The number of ketones is 1. The van der Waals surface area contributed by atoms with Crippen LogP contribution in [0.4, 0.5) is 0 Å².